The topological polar surface area (TPSA) is 50.4 Å². The van der Waals surface area contributed by atoms with Crippen molar-refractivity contribution in [1.82, 2.24) is 5.32 Å². The van der Waals surface area contributed by atoms with Gasteiger partial charge in [-0.1, -0.05) is 0 Å². The molecule has 0 saturated heterocycles. The molecule has 0 bridgehead atoms. The first-order chi connectivity index (χ1) is 9.92. The summed E-state index contributed by atoms with van der Waals surface area (Å²) in [5, 5.41) is 5.71. The van der Waals surface area contributed by atoms with E-state index in [0.29, 0.717) is 11.6 Å². The molecule has 1 aromatic rings. The van der Waals surface area contributed by atoms with Crippen molar-refractivity contribution < 1.29 is 22.7 Å². The van der Waals surface area contributed by atoms with E-state index >= 15 is 0 Å². The van der Waals surface area contributed by atoms with E-state index in [0.717, 1.165) is 6.54 Å². The van der Waals surface area contributed by atoms with Crippen LogP contribution in [0.3, 0.4) is 0 Å². The van der Waals surface area contributed by atoms with Gasteiger partial charge in [0.2, 0.25) is 5.91 Å². The minimum absolute atomic E-state index is 0.109. The number of alkyl halides is 3. The van der Waals surface area contributed by atoms with E-state index in [2.05, 4.69) is 15.4 Å². The van der Waals surface area contributed by atoms with Gasteiger partial charge in [0.15, 0.2) is 6.61 Å². The van der Waals surface area contributed by atoms with Gasteiger partial charge in [-0.05, 0) is 49.6 Å². The van der Waals surface area contributed by atoms with Gasteiger partial charge < -0.3 is 15.4 Å². The number of hydrogen-bond acceptors (Lipinski definition) is 3. The smallest absolute Gasteiger partial charge is 0.422 e. The molecule has 0 spiro atoms. The highest BCUT2D eigenvalue weighted by Gasteiger charge is 2.28. The zero-order valence-corrected chi connectivity index (χ0v) is 11.4. The van der Waals surface area contributed by atoms with Gasteiger partial charge in [-0.3, -0.25) is 4.79 Å². The number of nitrogens with one attached hydrogen (secondary N) is 2. The fraction of sp³-hybridized carbons (Fsp3) is 0.500. The van der Waals surface area contributed by atoms with E-state index in [1.54, 1.807) is 0 Å². The van der Waals surface area contributed by atoms with Crippen LogP contribution in [0, 0.1) is 5.92 Å². The Hall–Kier alpha value is -1.76. The summed E-state index contributed by atoms with van der Waals surface area (Å²) in [4.78, 5) is 11.6. The molecule has 21 heavy (non-hydrogen) atoms. The second-order valence-electron chi connectivity index (χ2n) is 5.05. The third-order valence-corrected chi connectivity index (χ3v) is 2.96. The lowest BCUT2D eigenvalue weighted by atomic mass is 10.3. The second-order valence-corrected chi connectivity index (χ2v) is 5.05. The number of rotatable bonds is 7. The summed E-state index contributed by atoms with van der Waals surface area (Å²) in [7, 11) is 0. The quantitative estimate of drug-likeness (QED) is 0.814. The Morgan fingerprint density at radius 1 is 1.24 bits per heavy atom. The second kappa shape index (κ2) is 6.80. The Labute approximate surface area is 120 Å². The molecule has 0 unspecified atom stereocenters. The number of halogens is 3. The van der Waals surface area contributed by atoms with Crippen molar-refractivity contribution in [1.29, 1.82) is 0 Å². The summed E-state index contributed by atoms with van der Waals surface area (Å²) < 4.78 is 40.5. The van der Waals surface area contributed by atoms with Crippen molar-refractivity contribution in [3.8, 4) is 5.75 Å². The van der Waals surface area contributed by atoms with Gasteiger partial charge in [0.25, 0.3) is 0 Å². The van der Waals surface area contributed by atoms with Crippen molar-refractivity contribution >= 4 is 11.6 Å². The predicted octanol–water partition coefficient (Wildman–Crippen LogP) is 2.57. The lowest BCUT2D eigenvalue weighted by molar-refractivity contribution is -0.153. The van der Waals surface area contributed by atoms with Crippen LogP contribution in [0.5, 0.6) is 5.75 Å². The summed E-state index contributed by atoms with van der Waals surface area (Å²) in [6, 6.07) is 5.78. The van der Waals surface area contributed by atoms with Crippen LogP contribution in [0.25, 0.3) is 0 Å². The van der Waals surface area contributed by atoms with E-state index in [1.807, 2.05) is 0 Å². The standard InChI is InChI=1S/C14H17F3N2O2/c15-14(16,17)9-21-12-5-3-11(4-6-12)19-13(20)8-18-7-10-1-2-10/h3-6,10,18H,1-2,7-9H2,(H,19,20). The molecule has 1 aliphatic rings. The minimum atomic E-state index is -4.36. The Kier molecular flexibility index (Phi) is 5.06. The number of carbonyl (C=O) groups excluding carboxylic acids is 1. The fourth-order valence-electron chi connectivity index (χ4n) is 1.72. The largest absolute Gasteiger partial charge is 0.484 e. The van der Waals surface area contributed by atoms with Crippen LogP contribution in [0.1, 0.15) is 12.8 Å². The molecule has 2 N–H and O–H groups in total. The van der Waals surface area contributed by atoms with E-state index in [1.165, 1.54) is 37.1 Å². The summed E-state index contributed by atoms with van der Waals surface area (Å²) in [5.74, 6) is 0.625. The van der Waals surface area contributed by atoms with Gasteiger partial charge in [-0.15, -0.1) is 0 Å². The van der Waals surface area contributed by atoms with Gasteiger partial charge in [-0.2, -0.15) is 13.2 Å². The maximum absolute atomic E-state index is 12.0. The molecule has 1 amide bonds. The molecule has 0 radical (unpaired) electrons. The fourth-order valence-corrected chi connectivity index (χ4v) is 1.72. The molecule has 1 aromatic carbocycles. The van der Waals surface area contributed by atoms with Gasteiger partial charge in [0.1, 0.15) is 5.75 Å². The normalized spacial score (nSPS) is 14.8. The van der Waals surface area contributed by atoms with Crippen molar-refractivity contribution in [2.45, 2.75) is 19.0 Å². The molecule has 0 aromatic heterocycles. The van der Waals surface area contributed by atoms with E-state index in [4.69, 9.17) is 0 Å². The van der Waals surface area contributed by atoms with Crippen molar-refractivity contribution in [2.24, 2.45) is 5.92 Å². The Morgan fingerprint density at radius 2 is 1.90 bits per heavy atom. The third-order valence-electron chi connectivity index (χ3n) is 2.96. The number of amides is 1. The highest BCUT2D eigenvalue weighted by atomic mass is 19.4. The molecule has 1 fully saturated rings. The van der Waals surface area contributed by atoms with Crippen molar-refractivity contribution in [3.05, 3.63) is 24.3 Å². The van der Waals surface area contributed by atoms with Crippen LogP contribution in [-0.2, 0) is 4.79 Å². The molecule has 2 rings (SSSR count). The average Bonchev–Trinajstić information content (AvgIpc) is 3.21. The molecule has 0 heterocycles. The highest BCUT2D eigenvalue weighted by molar-refractivity contribution is 5.92. The summed E-state index contributed by atoms with van der Waals surface area (Å²) in [6.45, 7) is -0.260. The monoisotopic (exact) mass is 302 g/mol. The lowest BCUT2D eigenvalue weighted by Gasteiger charge is -2.10. The molecular weight excluding hydrogens is 285 g/mol. The van der Waals surface area contributed by atoms with Crippen molar-refractivity contribution in [2.75, 3.05) is 25.0 Å². The lowest BCUT2D eigenvalue weighted by Crippen LogP contribution is -2.29. The van der Waals surface area contributed by atoms with Crippen LogP contribution in [-0.4, -0.2) is 31.8 Å². The molecule has 116 valence electrons. The molecule has 7 heteroatoms. The number of ether oxygens (including phenoxy) is 1. The van der Waals surface area contributed by atoms with Gasteiger partial charge >= 0.3 is 6.18 Å². The predicted molar refractivity (Wildman–Crippen MR) is 72.2 cm³/mol. The third kappa shape index (κ3) is 6.48. The molecule has 0 aliphatic heterocycles. The first kappa shape index (κ1) is 15.6. The summed E-state index contributed by atoms with van der Waals surface area (Å²) >= 11 is 0. The summed E-state index contributed by atoms with van der Waals surface area (Å²) in [5.41, 5.74) is 0.521. The Balaban J connectivity index is 1.71. The number of hydrogen-bond donors (Lipinski definition) is 2. The van der Waals surface area contributed by atoms with E-state index in [-0.39, 0.29) is 18.2 Å². The number of benzene rings is 1. The number of anilines is 1. The highest BCUT2D eigenvalue weighted by Crippen LogP contribution is 2.27. The Bertz CT molecular complexity index is 470. The van der Waals surface area contributed by atoms with Gasteiger partial charge in [0, 0.05) is 5.69 Å². The van der Waals surface area contributed by atoms with Crippen molar-refractivity contribution in [3.63, 3.8) is 0 Å². The van der Waals surface area contributed by atoms with Gasteiger partial charge in [-0.25, -0.2) is 0 Å². The van der Waals surface area contributed by atoms with Gasteiger partial charge in [0.05, 0.1) is 6.54 Å². The van der Waals surface area contributed by atoms with Crippen LogP contribution >= 0.6 is 0 Å². The zero-order chi connectivity index (χ0) is 15.3. The summed E-state index contributed by atoms with van der Waals surface area (Å²) in [6.07, 6.45) is -1.93. The van der Waals surface area contributed by atoms with E-state index < -0.39 is 12.8 Å². The molecule has 0 atom stereocenters. The molecule has 4 nitrogen and oxygen atoms in total. The maximum atomic E-state index is 12.0. The maximum Gasteiger partial charge on any atom is 0.422 e. The SMILES string of the molecule is O=C(CNCC1CC1)Nc1ccc(OCC(F)(F)F)cc1. The zero-order valence-electron chi connectivity index (χ0n) is 11.4. The van der Waals surface area contributed by atoms with Crippen LogP contribution in [0.4, 0.5) is 18.9 Å². The minimum Gasteiger partial charge on any atom is -0.484 e. The van der Waals surface area contributed by atoms with Crippen LogP contribution in [0.2, 0.25) is 0 Å². The number of carbonyl (C=O) groups is 1. The van der Waals surface area contributed by atoms with Crippen LogP contribution < -0.4 is 15.4 Å². The van der Waals surface area contributed by atoms with E-state index in [9.17, 15) is 18.0 Å². The molecular formula is C14H17F3N2O2. The Morgan fingerprint density at radius 3 is 2.48 bits per heavy atom. The molecule has 1 saturated carbocycles. The first-order valence-corrected chi connectivity index (χ1v) is 6.72. The van der Waals surface area contributed by atoms with Crippen LogP contribution in [0.15, 0.2) is 24.3 Å². The molecule has 1 aliphatic carbocycles. The average molecular weight is 302 g/mol. The first-order valence-electron chi connectivity index (χ1n) is 6.72.